The molecule has 1 saturated heterocycles. The summed E-state index contributed by atoms with van der Waals surface area (Å²) in [6, 6.07) is 2.35. The molecule has 0 unspecified atom stereocenters. The molecule has 0 aromatic carbocycles. The second-order valence-corrected chi connectivity index (χ2v) is 4.93. The van der Waals surface area contributed by atoms with Crippen molar-refractivity contribution < 1.29 is 0 Å². The van der Waals surface area contributed by atoms with E-state index in [2.05, 4.69) is 21.3 Å². The number of pyridine rings is 1. The van der Waals surface area contributed by atoms with Gasteiger partial charge in [-0.3, -0.25) is 9.88 Å². The van der Waals surface area contributed by atoms with Crippen molar-refractivity contribution in [3.63, 3.8) is 0 Å². The first-order valence-corrected chi connectivity index (χ1v) is 6.29. The summed E-state index contributed by atoms with van der Waals surface area (Å²) in [6.07, 6.45) is 6.78. The fourth-order valence-corrected chi connectivity index (χ4v) is 2.36. The van der Waals surface area contributed by atoms with Crippen LogP contribution >= 0.6 is 0 Å². The van der Waals surface area contributed by atoms with Gasteiger partial charge in [0.1, 0.15) is 0 Å². The summed E-state index contributed by atoms with van der Waals surface area (Å²) in [5.41, 5.74) is 2.83. The number of aromatic nitrogens is 1. The lowest BCUT2D eigenvalue weighted by Gasteiger charge is -2.27. The van der Waals surface area contributed by atoms with Crippen LogP contribution in [0.25, 0.3) is 0 Å². The Balaban J connectivity index is 1.66. The number of hydrogen-bond acceptors (Lipinski definition) is 3. The molecule has 0 bridgehead atoms. The summed E-state index contributed by atoms with van der Waals surface area (Å²) in [4.78, 5) is 6.87. The molecule has 3 nitrogen and oxygen atoms in total. The zero-order chi connectivity index (χ0) is 10.8. The van der Waals surface area contributed by atoms with Gasteiger partial charge in [-0.25, -0.2) is 0 Å². The highest BCUT2D eigenvalue weighted by Gasteiger charge is 2.24. The first kappa shape index (κ1) is 10.2. The first-order chi connectivity index (χ1) is 7.92. The predicted octanol–water partition coefficient (Wildman–Crippen LogP) is 1.36. The molecular formula is C13H19N3. The van der Waals surface area contributed by atoms with Crippen LogP contribution in [0.2, 0.25) is 0 Å². The second-order valence-electron chi connectivity index (χ2n) is 4.93. The second kappa shape index (κ2) is 4.52. The summed E-state index contributed by atoms with van der Waals surface area (Å²) in [5.74, 6) is 0.815. The smallest absolute Gasteiger partial charge is 0.0313 e. The minimum Gasteiger partial charge on any atom is -0.314 e. The van der Waals surface area contributed by atoms with E-state index in [-0.39, 0.29) is 0 Å². The Morgan fingerprint density at radius 3 is 2.81 bits per heavy atom. The molecule has 2 aliphatic rings. The van der Waals surface area contributed by atoms with Gasteiger partial charge in [0.05, 0.1) is 0 Å². The highest BCUT2D eigenvalue weighted by molar-refractivity contribution is 5.25. The molecule has 0 spiro atoms. The van der Waals surface area contributed by atoms with Crippen molar-refractivity contribution in [3.8, 4) is 0 Å². The van der Waals surface area contributed by atoms with E-state index in [1.807, 2.05) is 12.4 Å². The summed E-state index contributed by atoms with van der Waals surface area (Å²) >= 11 is 0. The van der Waals surface area contributed by atoms with Crippen molar-refractivity contribution in [1.82, 2.24) is 15.2 Å². The molecule has 3 rings (SSSR count). The average molecular weight is 217 g/mol. The van der Waals surface area contributed by atoms with Crippen LogP contribution in [0.15, 0.2) is 18.5 Å². The molecule has 0 amide bonds. The SMILES string of the molecule is c1ncc(C2CC2)cc1CN1CCNCC1. The molecular weight excluding hydrogens is 198 g/mol. The minimum atomic E-state index is 0.815. The fourth-order valence-electron chi connectivity index (χ4n) is 2.36. The third-order valence-corrected chi connectivity index (χ3v) is 3.48. The van der Waals surface area contributed by atoms with Gasteiger partial charge in [0.25, 0.3) is 0 Å². The van der Waals surface area contributed by atoms with Crippen LogP contribution < -0.4 is 5.32 Å². The van der Waals surface area contributed by atoms with Gasteiger partial charge in [-0.15, -0.1) is 0 Å². The maximum Gasteiger partial charge on any atom is 0.0313 e. The first-order valence-electron chi connectivity index (χ1n) is 6.29. The van der Waals surface area contributed by atoms with Gasteiger partial charge < -0.3 is 5.32 Å². The molecule has 3 heteroatoms. The topological polar surface area (TPSA) is 28.2 Å². The predicted molar refractivity (Wildman–Crippen MR) is 64.4 cm³/mol. The number of rotatable bonds is 3. The van der Waals surface area contributed by atoms with Gasteiger partial charge in [0.15, 0.2) is 0 Å². The Bertz CT molecular complexity index is 354. The van der Waals surface area contributed by atoms with Crippen molar-refractivity contribution in [2.45, 2.75) is 25.3 Å². The maximum absolute atomic E-state index is 4.37. The average Bonchev–Trinajstić information content (AvgIpc) is 3.15. The molecule has 1 aromatic heterocycles. The Labute approximate surface area is 96.9 Å². The Kier molecular flexibility index (Phi) is 2.89. The van der Waals surface area contributed by atoms with Crippen molar-refractivity contribution in [2.75, 3.05) is 26.2 Å². The zero-order valence-corrected chi connectivity index (χ0v) is 9.65. The molecule has 2 heterocycles. The van der Waals surface area contributed by atoms with E-state index in [1.54, 1.807) is 0 Å². The van der Waals surface area contributed by atoms with Crippen LogP contribution in [-0.4, -0.2) is 36.1 Å². The quantitative estimate of drug-likeness (QED) is 0.828. The Morgan fingerprint density at radius 1 is 1.25 bits per heavy atom. The number of nitrogens with zero attached hydrogens (tertiary/aromatic N) is 2. The van der Waals surface area contributed by atoms with Crippen molar-refractivity contribution in [1.29, 1.82) is 0 Å². The molecule has 1 aromatic rings. The molecule has 1 aliphatic heterocycles. The van der Waals surface area contributed by atoms with E-state index in [1.165, 1.54) is 24.0 Å². The van der Waals surface area contributed by atoms with Gasteiger partial charge in [-0.05, 0) is 29.9 Å². The van der Waals surface area contributed by atoms with Crippen molar-refractivity contribution in [2.24, 2.45) is 0 Å². The molecule has 0 atom stereocenters. The molecule has 1 N–H and O–H groups in total. The maximum atomic E-state index is 4.37. The minimum absolute atomic E-state index is 0.815. The third-order valence-electron chi connectivity index (χ3n) is 3.48. The molecule has 2 fully saturated rings. The molecule has 0 radical (unpaired) electrons. The van der Waals surface area contributed by atoms with Gasteiger partial charge in [0.2, 0.25) is 0 Å². The van der Waals surface area contributed by atoms with E-state index in [9.17, 15) is 0 Å². The number of piperazine rings is 1. The van der Waals surface area contributed by atoms with E-state index in [4.69, 9.17) is 0 Å². The lowest BCUT2D eigenvalue weighted by Crippen LogP contribution is -2.42. The highest BCUT2D eigenvalue weighted by atomic mass is 15.2. The lowest BCUT2D eigenvalue weighted by atomic mass is 10.1. The van der Waals surface area contributed by atoms with E-state index >= 15 is 0 Å². The molecule has 1 aliphatic carbocycles. The number of nitrogens with one attached hydrogen (secondary N) is 1. The molecule has 1 saturated carbocycles. The van der Waals surface area contributed by atoms with E-state index in [0.717, 1.165) is 38.6 Å². The van der Waals surface area contributed by atoms with Crippen LogP contribution in [0.4, 0.5) is 0 Å². The summed E-state index contributed by atoms with van der Waals surface area (Å²) in [6.45, 7) is 5.63. The molecule has 86 valence electrons. The van der Waals surface area contributed by atoms with Crippen molar-refractivity contribution >= 4 is 0 Å². The van der Waals surface area contributed by atoms with Gasteiger partial charge >= 0.3 is 0 Å². The summed E-state index contributed by atoms with van der Waals surface area (Å²) < 4.78 is 0. The van der Waals surface area contributed by atoms with Crippen LogP contribution in [0.1, 0.15) is 29.9 Å². The van der Waals surface area contributed by atoms with Crippen molar-refractivity contribution in [3.05, 3.63) is 29.6 Å². The van der Waals surface area contributed by atoms with Gasteiger partial charge in [-0.1, -0.05) is 6.07 Å². The van der Waals surface area contributed by atoms with Gasteiger partial charge in [-0.2, -0.15) is 0 Å². The Morgan fingerprint density at radius 2 is 2.06 bits per heavy atom. The van der Waals surface area contributed by atoms with E-state index in [0.29, 0.717) is 0 Å². The fraction of sp³-hybridized carbons (Fsp3) is 0.615. The largest absolute Gasteiger partial charge is 0.314 e. The van der Waals surface area contributed by atoms with Crippen LogP contribution in [0.5, 0.6) is 0 Å². The highest BCUT2D eigenvalue weighted by Crippen LogP contribution is 2.39. The van der Waals surface area contributed by atoms with E-state index < -0.39 is 0 Å². The standard InChI is InChI=1S/C13H19N3/c1-2-12(1)13-7-11(8-15-9-13)10-16-5-3-14-4-6-16/h7-9,12,14H,1-6,10H2. The molecule has 16 heavy (non-hydrogen) atoms. The zero-order valence-electron chi connectivity index (χ0n) is 9.65. The Hall–Kier alpha value is -0.930. The van der Waals surface area contributed by atoms with Crippen LogP contribution in [0, 0.1) is 0 Å². The summed E-state index contributed by atoms with van der Waals surface area (Å²) in [5, 5.41) is 3.38. The van der Waals surface area contributed by atoms with Gasteiger partial charge in [0, 0.05) is 45.1 Å². The third kappa shape index (κ3) is 2.42. The number of hydrogen-bond donors (Lipinski definition) is 1. The normalized spacial score (nSPS) is 22.2. The lowest BCUT2D eigenvalue weighted by molar-refractivity contribution is 0.233. The van der Waals surface area contributed by atoms with Crippen LogP contribution in [0.3, 0.4) is 0 Å². The summed E-state index contributed by atoms with van der Waals surface area (Å²) in [7, 11) is 0. The van der Waals surface area contributed by atoms with Crippen LogP contribution in [-0.2, 0) is 6.54 Å². The monoisotopic (exact) mass is 217 g/mol.